The molecule has 2 heterocycles. The van der Waals surface area contributed by atoms with Gasteiger partial charge in [0.25, 0.3) is 0 Å². The highest BCUT2D eigenvalue weighted by Gasteiger charge is 2.50. The largest absolute Gasteiger partial charge is 0.338 e. The highest BCUT2D eigenvalue weighted by molar-refractivity contribution is 7.99. The molecular weight excluding hydrogens is 364 g/mol. The number of pyridine rings is 1. The van der Waals surface area contributed by atoms with Crippen LogP contribution in [0.4, 0.5) is 0 Å². The van der Waals surface area contributed by atoms with E-state index in [-0.39, 0.29) is 5.91 Å². The second kappa shape index (κ2) is 6.76. The Bertz CT molecular complexity index is 951. The maximum atomic E-state index is 13.1. The van der Waals surface area contributed by atoms with Gasteiger partial charge in [-0.1, -0.05) is 44.2 Å². The first kappa shape index (κ1) is 19.8. The third-order valence-corrected chi connectivity index (χ3v) is 7.41. The fourth-order valence-electron chi connectivity index (χ4n) is 5.86. The van der Waals surface area contributed by atoms with Gasteiger partial charge in [0.2, 0.25) is 5.91 Å². The first-order valence-electron chi connectivity index (χ1n) is 10.4. The summed E-state index contributed by atoms with van der Waals surface area (Å²) < 4.78 is 0. The van der Waals surface area contributed by atoms with Gasteiger partial charge in [-0.3, -0.25) is 4.79 Å². The lowest BCUT2D eigenvalue weighted by Crippen LogP contribution is -2.38. The number of fused-ring (bicyclic) bond motifs is 3. The highest BCUT2D eigenvalue weighted by Crippen LogP contribution is 2.52. The molecule has 2 bridgehead atoms. The Morgan fingerprint density at radius 2 is 1.89 bits per heavy atom. The van der Waals surface area contributed by atoms with E-state index in [4.69, 9.17) is 4.98 Å². The number of likely N-dealkylation sites (tertiary alicyclic amines) is 1. The monoisotopic (exact) mass is 396 g/mol. The number of carbonyl (C=O) groups is 1. The van der Waals surface area contributed by atoms with E-state index in [1.807, 2.05) is 0 Å². The standard InChI is InChI=1S/C24H32N2OS/c1-15-7-17(3)22-19(8-15)16(2)9-20(25-22)28-12-21(27)26-14-24(6)11-18(26)10-23(4,5)13-24/h7-9,18H,10-14H2,1-6H3. The summed E-state index contributed by atoms with van der Waals surface area (Å²) in [6.45, 7) is 14.4. The zero-order valence-electron chi connectivity index (χ0n) is 18.1. The molecule has 150 valence electrons. The predicted molar refractivity (Wildman–Crippen MR) is 118 cm³/mol. The topological polar surface area (TPSA) is 33.2 Å². The van der Waals surface area contributed by atoms with E-state index in [0.717, 1.165) is 23.5 Å². The molecule has 0 radical (unpaired) electrons. The van der Waals surface area contributed by atoms with Crippen molar-refractivity contribution in [3.8, 4) is 0 Å². The quantitative estimate of drug-likeness (QED) is 0.626. The van der Waals surface area contributed by atoms with Crippen molar-refractivity contribution in [1.82, 2.24) is 9.88 Å². The van der Waals surface area contributed by atoms with Crippen molar-refractivity contribution < 1.29 is 4.79 Å². The van der Waals surface area contributed by atoms with Crippen LogP contribution in [-0.4, -0.2) is 34.1 Å². The number of aromatic nitrogens is 1. The predicted octanol–water partition coefficient (Wildman–Crippen LogP) is 5.68. The second-order valence-corrected chi connectivity index (χ2v) is 11.3. The van der Waals surface area contributed by atoms with Gasteiger partial charge in [0.15, 0.2) is 0 Å². The number of benzene rings is 1. The molecule has 4 rings (SSSR count). The molecule has 3 nitrogen and oxygen atoms in total. The van der Waals surface area contributed by atoms with E-state index in [9.17, 15) is 4.79 Å². The maximum Gasteiger partial charge on any atom is 0.233 e. The first-order valence-corrected chi connectivity index (χ1v) is 11.3. The Morgan fingerprint density at radius 3 is 2.64 bits per heavy atom. The molecule has 1 aromatic heterocycles. The second-order valence-electron chi connectivity index (χ2n) is 10.3. The average molecular weight is 397 g/mol. The Kier molecular flexibility index (Phi) is 4.77. The van der Waals surface area contributed by atoms with Gasteiger partial charge in [-0.25, -0.2) is 4.98 Å². The number of amides is 1. The van der Waals surface area contributed by atoms with E-state index < -0.39 is 0 Å². The Hall–Kier alpha value is -1.55. The van der Waals surface area contributed by atoms with Gasteiger partial charge in [-0.2, -0.15) is 0 Å². The van der Waals surface area contributed by atoms with E-state index in [1.54, 1.807) is 11.8 Å². The molecule has 2 atom stereocenters. The lowest BCUT2D eigenvalue weighted by atomic mass is 9.65. The molecule has 1 amide bonds. The fourth-order valence-corrected chi connectivity index (χ4v) is 6.71. The van der Waals surface area contributed by atoms with E-state index >= 15 is 0 Å². The lowest BCUT2D eigenvalue weighted by molar-refractivity contribution is -0.129. The number of hydrogen-bond donors (Lipinski definition) is 0. The minimum Gasteiger partial charge on any atom is -0.338 e. The lowest BCUT2D eigenvalue weighted by Gasteiger charge is -2.39. The smallest absolute Gasteiger partial charge is 0.233 e. The molecule has 1 aromatic carbocycles. The molecule has 2 aromatic rings. The Morgan fingerprint density at radius 1 is 1.14 bits per heavy atom. The van der Waals surface area contributed by atoms with Crippen LogP contribution in [0.15, 0.2) is 23.2 Å². The summed E-state index contributed by atoms with van der Waals surface area (Å²) in [5.74, 6) is 0.757. The molecule has 1 saturated carbocycles. The minimum absolute atomic E-state index is 0.275. The molecule has 0 N–H and O–H groups in total. The van der Waals surface area contributed by atoms with Gasteiger partial charge in [0, 0.05) is 18.0 Å². The van der Waals surface area contributed by atoms with E-state index in [2.05, 4.69) is 64.6 Å². The molecule has 2 unspecified atom stereocenters. The highest BCUT2D eigenvalue weighted by atomic mass is 32.2. The van der Waals surface area contributed by atoms with Crippen molar-refractivity contribution in [2.75, 3.05) is 12.3 Å². The molecule has 28 heavy (non-hydrogen) atoms. The van der Waals surface area contributed by atoms with Gasteiger partial charge in [0.1, 0.15) is 0 Å². The summed E-state index contributed by atoms with van der Waals surface area (Å²) in [6, 6.07) is 6.93. The number of hydrogen-bond acceptors (Lipinski definition) is 3. The van der Waals surface area contributed by atoms with Gasteiger partial charge in [-0.15, -0.1) is 0 Å². The molecule has 2 aliphatic rings. The summed E-state index contributed by atoms with van der Waals surface area (Å²) in [7, 11) is 0. The molecule has 4 heteroatoms. The summed E-state index contributed by atoms with van der Waals surface area (Å²) in [5.41, 5.74) is 5.40. The van der Waals surface area contributed by atoms with Crippen LogP contribution in [0.2, 0.25) is 0 Å². The van der Waals surface area contributed by atoms with Crippen LogP contribution in [0.3, 0.4) is 0 Å². The number of thioether (sulfide) groups is 1. The van der Waals surface area contributed by atoms with Crippen molar-refractivity contribution in [3.63, 3.8) is 0 Å². The molecule has 1 aliphatic carbocycles. The van der Waals surface area contributed by atoms with Crippen molar-refractivity contribution in [1.29, 1.82) is 0 Å². The van der Waals surface area contributed by atoms with E-state index in [1.165, 1.54) is 34.9 Å². The minimum atomic E-state index is 0.275. The van der Waals surface area contributed by atoms with Crippen LogP contribution < -0.4 is 0 Å². The third-order valence-electron chi connectivity index (χ3n) is 6.51. The number of rotatable bonds is 3. The normalized spacial score (nSPS) is 26.1. The molecule has 1 aliphatic heterocycles. The Labute approximate surface area is 173 Å². The van der Waals surface area contributed by atoms with Crippen LogP contribution in [0.5, 0.6) is 0 Å². The van der Waals surface area contributed by atoms with Crippen molar-refractivity contribution >= 4 is 28.6 Å². The summed E-state index contributed by atoms with van der Waals surface area (Å²) in [6.07, 6.45) is 3.52. The van der Waals surface area contributed by atoms with Crippen LogP contribution in [0.25, 0.3) is 10.9 Å². The van der Waals surface area contributed by atoms with Crippen molar-refractivity contribution in [2.45, 2.75) is 71.9 Å². The molecule has 1 saturated heterocycles. The Balaban J connectivity index is 1.50. The number of carbonyl (C=O) groups excluding carboxylic acids is 1. The average Bonchev–Trinajstić information content (AvgIpc) is 2.82. The summed E-state index contributed by atoms with van der Waals surface area (Å²) >= 11 is 1.59. The maximum absolute atomic E-state index is 13.1. The number of nitrogens with zero attached hydrogens (tertiary/aromatic N) is 2. The van der Waals surface area contributed by atoms with Gasteiger partial charge >= 0.3 is 0 Å². The summed E-state index contributed by atoms with van der Waals surface area (Å²) in [5, 5.41) is 2.18. The zero-order valence-corrected chi connectivity index (χ0v) is 18.9. The SMILES string of the molecule is Cc1cc(C)c2nc(SCC(=O)N3CC4(C)CC3CC(C)(C)C4)cc(C)c2c1. The molecule has 2 fully saturated rings. The van der Waals surface area contributed by atoms with Crippen molar-refractivity contribution in [2.24, 2.45) is 10.8 Å². The van der Waals surface area contributed by atoms with E-state index in [0.29, 0.717) is 22.6 Å². The first-order chi connectivity index (χ1) is 13.1. The van der Waals surface area contributed by atoms with Crippen LogP contribution in [0, 0.1) is 31.6 Å². The molecule has 0 spiro atoms. The summed E-state index contributed by atoms with van der Waals surface area (Å²) in [4.78, 5) is 20.1. The zero-order chi connectivity index (χ0) is 20.3. The number of aryl methyl sites for hydroxylation is 3. The third kappa shape index (κ3) is 3.68. The van der Waals surface area contributed by atoms with Crippen LogP contribution in [-0.2, 0) is 4.79 Å². The molecular formula is C24H32N2OS. The van der Waals surface area contributed by atoms with Crippen LogP contribution in [0.1, 0.15) is 56.7 Å². The van der Waals surface area contributed by atoms with Gasteiger partial charge in [0.05, 0.1) is 16.3 Å². The van der Waals surface area contributed by atoms with Crippen molar-refractivity contribution in [3.05, 3.63) is 34.9 Å². The van der Waals surface area contributed by atoms with Gasteiger partial charge < -0.3 is 4.90 Å². The van der Waals surface area contributed by atoms with Crippen LogP contribution >= 0.6 is 11.8 Å². The van der Waals surface area contributed by atoms with Gasteiger partial charge in [-0.05, 0) is 74.1 Å². The fraction of sp³-hybridized carbons (Fsp3) is 0.583.